The molecule has 0 aromatic carbocycles. The van der Waals surface area contributed by atoms with Crippen LogP contribution in [0.3, 0.4) is 0 Å². The normalized spacial score (nSPS) is 13.7. The fourth-order valence-corrected chi connectivity index (χ4v) is 1.50. The van der Waals surface area contributed by atoms with E-state index in [1.54, 1.807) is 0 Å². The van der Waals surface area contributed by atoms with Gasteiger partial charge in [0.15, 0.2) is 8.03 Å². The zero-order chi connectivity index (χ0) is 8.91. The van der Waals surface area contributed by atoms with Crippen molar-refractivity contribution in [3.63, 3.8) is 0 Å². The van der Waals surface area contributed by atoms with E-state index in [9.17, 15) is 4.57 Å². The van der Waals surface area contributed by atoms with E-state index in [-0.39, 0.29) is 29.6 Å². The van der Waals surface area contributed by atoms with Crippen LogP contribution in [0.2, 0.25) is 0 Å². The van der Waals surface area contributed by atoms with Crippen molar-refractivity contribution in [3.05, 3.63) is 0 Å². The molecular formula is C6H16NaO4P. The number of hydrogen-bond donors (Lipinski definition) is 0. The molecule has 0 aromatic rings. The predicted octanol–water partition coefficient (Wildman–Crippen LogP) is 0.816. The molecule has 0 aliphatic carbocycles. The van der Waals surface area contributed by atoms with E-state index in [1.807, 2.05) is 6.92 Å². The summed E-state index contributed by atoms with van der Waals surface area (Å²) < 4.78 is 25.6. The molecule has 0 bridgehead atoms. The van der Waals surface area contributed by atoms with Crippen molar-refractivity contribution in [1.29, 1.82) is 0 Å². The van der Waals surface area contributed by atoms with E-state index in [1.165, 1.54) is 20.9 Å². The molecule has 0 saturated carbocycles. The molecule has 70 valence electrons. The van der Waals surface area contributed by atoms with E-state index >= 15 is 0 Å². The minimum atomic E-state index is -2.03. The first-order chi connectivity index (χ1) is 5.10. The van der Waals surface area contributed by atoms with E-state index in [4.69, 9.17) is 14.0 Å². The van der Waals surface area contributed by atoms with Crippen LogP contribution in [0.5, 0.6) is 0 Å². The first-order valence-corrected chi connectivity index (χ1v) is 5.21. The predicted molar refractivity (Wildman–Crippen MR) is 50.2 cm³/mol. The number of rotatable bonds is 5. The molecule has 0 aliphatic heterocycles. The zero-order valence-electron chi connectivity index (χ0n) is 7.34. The van der Waals surface area contributed by atoms with Gasteiger partial charge in [0.05, 0.1) is 0 Å². The number of methoxy groups -OCH3 is 2. The van der Waals surface area contributed by atoms with E-state index in [2.05, 4.69) is 0 Å². The van der Waals surface area contributed by atoms with Crippen LogP contribution in [0.25, 0.3) is 0 Å². The first-order valence-electron chi connectivity index (χ1n) is 3.40. The fraction of sp³-hybridized carbons (Fsp3) is 1.00. The molecule has 0 heterocycles. The fourth-order valence-electron chi connectivity index (χ4n) is 0.746. The van der Waals surface area contributed by atoms with Gasteiger partial charge < -0.3 is 9.47 Å². The molecule has 0 fully saturated rings. The molecule has 0 rings (SSSR count). The molecule has 0 aromatic heterocycles. The van der Waals surface area contributed by atoms with Gasteiger partial charge >= 0.3 is 29.6 Å². The third-order valence-corrected chi connectivity index (χ3v) is 1.95. The van der Waals surface area contributed by atoms with Crippen LogP contribution >= 0.6 is 8.03 Å². The monoisotopic (exact) mass is 206 g/mol. The van der Waals surface area contributed by atoms with E-state index in [0.717, 1.165) is 0 Å². The molecule has 0 spiro atoms. The molecule has 4 nitrogen and oxygen atoms in total. The van der Waals surface area contributed by atoms with Crippen molar-refractivity contribution in [2.24, 2.45) is 0 Å². The molecule has 0 aliphatic rings. The van der Waals surface area contributed by atoms with Crippen molar-refractivity contribution in [1.82, 2.24) is 0 Å². The second-order valence-corrected chi connectivity index (χ2v) is 3.23. The van der Waals surface area contributed by atoms with Gasteiger partial charge in [0.25, 0.3) is 5.97 Å². The van der Waals surface area contributed by atoms with Gasteiger partial charge in [0.2, 0.25) is 0 Å². The molecule has 1 unspecified atom stereocenters. The Kier molecular flexibility index (Phi) is 9.75. The Labute approximate surface area is 96.1 Å². The van der Waals surface area contributed by atoms with Gasteiger partial charge in [-0.05, 0) is 0 Å². The average molecular weight is 206 g/mol. The van der Waals surface area contributed by atoms with E-state index < -0.39 is 14.0 Å². The third-order valence-electron chi connectivity index (χ3n) is 1.35. The van der Waals surface area contributed by atoms with Gasteiger partial charge in [-0.25, -0.2) is 0 Å². The van der Waals surface area contributed by atoms with Crippen molar-refractivity contribution in [2.75, 3.05) is 20.9 Å². The molecular weight excluding hydrogens is 190 g/mol. The van der Waals surface area contributed by atoms with Gasteiger partial charge in [0.1, 0.15) is 0 Å². The van der Waals surface area contributed by atoms with Crippen LogP contribution in [0.15, 0.2) is 0 Å². The zero-order valence-corrected chi connectivity index (χ0v) is 8.34. The Balaban J connectivity index is 0. The Morgan fingerprint density at radius 1 is 1.33 bits per heavy atom. The Morgan fingerprint density at radius 2 is 1.75 bits per heavy atom. The SMILES string of the molecule is CCC(OC)(OC)O[PH](C)=O.[NaH]. The Bertz CT molecular complexity index is 129. The molecule has 0 radical (unpaired) electrons. The Hall–Kier alpha value is 1.11. The summed E-state index contributed by atoms with van der Waals surface area (Å²) in [5.74, 6) is -1.12. The molecule has 1 atom stereocenters. The summed E-state index contributed by atoms with van der Waals surface area (Å²) in [5.41, 5.74) is 0. The molecule has 0 amide bonds. The van der Waals surface area contributed by atoms with Crippen molar-refractivity contribution in [3.8, 4) is 0 Å². The molecule has 6 heteroatoms. The first kappa shape index (κ1) is 15.6. The third kappa shape index (κ3) is 4.97. The van der Waals surface area contributed by atoms with Crippen LogP contribution in [0.1, 0.15) is 13.3 Å². The quantitative estimate of drug-likeness (QED) is 0.379. The summed E-state index contributed by atoms with van der Waals surface area (Å²) in [6, 6.07) is 0. The van der Waals surface area contributed by atoms with Crippen LogP contribution in [-0.4, -0.2) is 56.4 Å². The van der Waals surface area contributed by atoms with Gasteiger partial charge in [-0.3, -0.25) is 9.09 Å². The summed E-state index contributed by atoms with van der Waals surface area (Å²) >= 11 is 0. The molecule has 0 saturated heterocycles. The van der Waals surface area contributed by atoms with E-state index in [0.29, 0.717) is 6.42 Å². The average Bonchev–Trinajstić information content (AvgIpc) is 2.00. The standard InChI is InChI=1S/C6H15O4P.Na.H/c1-5-6(8-2,9-3)10-11(4)7;;/h11H,5H2,1-4H3;;. The summed E-state index contributed by atoms with van der Waals surface area (Å²) in [4.78, 5) is 0. The Morgan fingerprint density at radius 3 is 1.83 bits per heavy atom. The van der Waals surface area contributed by atoms with Gasteiger partial charge in [0, 0.05) is 27.3 Å². The van der Waals surface area contributed by atoms with Crippen LogP contribution in [-0.2, 0) is 18.6 Å². The van der Waals surface area contributed by atoms with Crippen molar-refractivity contribution < 1.29 is 18.6 Å². The second-order valence-electron chi connectivity index (χ2n) is 2.04. The van der Waals surface area contributed by atoms with Gasteiger partial charge in [-0.15, -0.1) is 0 Å². The summed E-state index contributed by atoms with van der Waals surface area (Å²) in [7, 11) is 0.885. The number of hydrogen-bond acceptors (Lipinski definition) is 4. The summed E-state index contributed by atoms with van der Waals surface area (Å²) in [6.07, 6.45) is 0.504. The maximum atomic E-state index is 10.7. The summed E-state index contributed by atoms with van der Waals surface area (Å²) in [6.45, 7) is 3.32. The van der Waals surface area contributed by atoms with Crippen LogP contribution in [0.4, 0.5) is 0 Å². The van der Waals surface area contributed by atoms with Crippen LogP contribution < -0.4 is 0 Å². The van der Waals surface area contributed by atoms with Crippen molar-refractivity contribution in [2.45, 2.75) is 19.3 Å². The number of ether oxygens (including phenoxy) is 2. The minimum absolute atomic E-state index is 0. The molecule has 12 heavy (non-hydrogen) atoms. The topological polar surface area (TPSA) is 44.8 Å². The van der Waals surface area contributed by atoms with Gasteiger partial charge in [-0.1, -0.05) is 6.92 Å². The van der Waals surface area contributed by atoms with Crippen LogP contribution in [0, 0.1) is 0 Å². The van der Waals surface area contributed by atoms with Gasteiger partial charge in [-0.2, -0.15) is 0 Å². The summed E-state index contributed by atoms with van der Waals surface area (Å²) in [5, 5.41) is 0. The molecule has 0 N–H and O–H groups in total. The maximum absolute atomic E-state index is 10.7. The second kappa shape index (κ2) is 7.51. The van der Waals surface area contributed by atoms with Crippen molar-refractivity contribution >= 4 is 37.6 Å².